The van der Waals surface area contributed by atoms with Crippen LogP contribution in [0, 0.1) is 0 Å². The van der Waals surface area contributed by atoms with Gasteiger partial charge in [0.05, 0.1) is 6.42 Å². The second-order valence-corrected chi connectivity index (χ2v) is 7.41. The molecular weight excluding hydrogens is 312 g/mol. The highest BCUT2D eigenvalue weighted by atomic mass is 16.6. The van der Waals surface area contributed by atoms with Crippen molar-refractivity contribution in [3.05, 3.63) is 11.6 Å². The SMILES string of the molecule is CCCCCCCCCCCCCCCCC/C=C1\CC(=O)OC1=O. The number of hydrogen-bond donors (Lipinski definition) is 0. The van der Waals surface area contributed by atoms with Gasteiger partial charge in [0.15, 0.2) is 0 Å². The van der Waals surface area contributed by atoms with Gasteiger partial charge in [-0.25, -0.2) is 4.79 Å². The molecule has 0 aromatic rings. The maximum atomic E-state index is 11.3. The number of cyclic esters (lactones) is 2. The van der Waals surface area contributed by atoms with Gasteiger partial charge in [0.2, 0.25) is 0 Å². The van der Waals surface area contributed by atoms with Crippen LogP contribution >= 0.6 is 0 Å². The molecule has 25 heavy (non-hydrogen) atoms. The van der Waals surface area contributed by atoms with E-state index in [0.29, 0.717) is 5.57 Å². The first kappa shape index (κ1) is 21.9. The van der Waals surface area contributed by atoms with Crippen LogP contribution in [0.25, 0.3) is 0 Å². The van der Waals surface area contributed by atoms with Crippen molar-refractivity contribution < 1.29 is 14.3 Å². The summed E-state index contributed by atoms with van der Waals surface area (Å²) >= 11 is 0. The quantitative estimate of drug-likeness (QED) is 0.135. The van der Waals surface area contributed by atoms with E-state index < -0.39 is 11.9 Å². The van der Waals surface area contributed by atoms with Crippen LogP contribution in [-0.4, -0.2) is 11.9 Å². The molecule has 1 heterocycles. The fraction of sp³-hybridized carbons (Fsp3) is 0.818. The van der Waals surface area contributed by atoms with Crippen molar-refractivity contribution >= 4 is 11.9 Å². The molecule has 0 saturated carbocycles. The zero-order chi connectivity index (χ0) is 18.2. The zero-order valence-corrected chi connectivity index (χ0v) is 16.3. The van der Waals surface area contributed by atoms with E-state index in [0.717, 1.165) is 12.8 Å². The Hall–Kier alpha value is -1.12. The minimum atomic E-state index is -0.439. The van der Waals surface area contributed by atoms with Gasteiger partial charge in [0.1, 0.15) is 0 Å². The highest BCUT2D eigenvalue weighted by Crippen LogP contribution is 2.17. The van der Waals surface area contributed by atoms with Crippen molar-refractivity contribution in [2.75, 3.05) is 0 Å². The molecular formula is C22H38O3. The topological polar surface area (TPSA) is 43.4 Å². The third-order valence-corrected chi connectivity index (χ3v) is 5.00. The molecule has 1 aliphatic heterocycles. The molecule has 1 saturated heterocycles. The zero-order valence-electron chi connectivity index (χ0n) is 16.3. The minimum absolute atomic E-state index is 0.164. The second-order valence-electron chi connectivity index (χ2n) is 7.41. The fourth-order valence-corrected chi connectivity index (χ4v) is 3.38. The summed E-state index contributed by atoms with van der Waals surface area (Å²) < 4.78 is 4.51. The number of carbonyl (C=O) groups excluding carboxylic acids is 2. The van der Waals surface area contributed by atoms with Gasteiger partial charge in [-0.1, -0.05) is 103 Å². The average Bonchev–Trinajstić information content (AvgIpc) is 2.92. The summed E-state index contributed by atoms with van der Waals surface area (Å²) in [6, 6.07) is 0. The Labute approximate surface area is 154 Å². The number of rotatable bonds is 16. The van der Waals surface area contributed by atoms with E-state index in [1.165, 1.54) is 89.9 Å². The van der Waals surface area contributed by atoms with Gasteiger partial charge in [-0.05, 0) is 12.8 Å². The van der Waals surface area contributed by atoms with E-state index in [9.17, 15) is 9.59 Å². The summed E-state index contributed by atoms with van der Waals surface area (Å²) in [6.45, 7) is 2.27. The molecule has 0 aromatic carbocycles. The van der Waals surface area contributed by atoms with Crippen LogP contribution in [0.3, 0.4) is 0 Å². The van der Waals surface area contributed by atoms with Gasteiger partial charge >= 0.3 is 11.9 Å². The molecule has 3 nitrogen and oxygen atoms in total. The Morgan fingerprint density at radius 1 is 0.720 bits per heavy atom. The Balaban J connectivity index is 1.77. The number of unbranched alkanes of at least 4 members (excludes halogenated alkanes) is 15. The maximum Gasteiger partial charge on any atom is 0.341 e. The summed E-state index contributed by atoms with van der Waals surface area (Å²) in [5, 5.41) is 0. The molecule has 0 radical (unpaired) electrons. The van der Waals surface area contributed by atoms with E-state index in [4.69, 9.17) is 0 Å². The fourth-order valence-electron chi connectivity index (χ4n) is 3.38. The first-order valence-electron chi connectivity index (χ1n) is 10.7. The van der Waals surface area contributed by atoms with E-state index >= 15 is 0 Å². The highest BCUT2D eigenvalue weighted by molar-refractivity contribution is 6.05. The molecule has 1 fully saturated rings. The molecule has 0 spiro atoms. The number of ether oxygens (including phenoxy) is 1. The summed E-state index contributed by atoms with van der Waals surface area (Å²) in [7, 11) is 0. The minimum Gasteiger partial charge on any atom is -0.389 e. The van der Waals surface area contributed by atoms with Crippen LogP contribution in [0.5, 0.6) is 0 Å². The molecule has 0 amide bonds. The molecule has 1 rings (SSSR count). The third kappa shape index (κ3) is 12.0. The van der Waals surface area contributed by atoms with Gasteiger partial charge in [-0.2, -0.15) is 0 Å². The normalized spacial score (nSPS) is 16.0. The van der Waals surface area contributed by atoms with E-state index in [-0.39, 0.29) is 6.42 Å². The number of hydrogen-bond acceptors (Lipinski definition) is 3. The summed E-state index contributed by atoms with van der Waals surface area (Å²) in [6.07, 6.45) is 23.3. The lowest BCUT2D eigenvalue weighted by Gasteiger charge is -2.03. The van der Waals surface area contributed by atoms with Crippen molar-refractivity contribution in [1.29, 1.82) is 0 Å². The van der Waals surface area contributed by atoms with Crippen molar-refractivity contribution in [2.45, 2.75) is 116 Å². The summed E-state index contributed by atoms with van der Waals surface area (Å²) in [5.74, 6) is -0.848. The lowest BCUT2D eigenvalue weighted by Crippen LogP contribution is -1.96. The second kappa shape index (κ2) is 15.2. The van der Waals surface area contributed by atoms with Crippen molar-refractivity contribution in [2.24, 2.45) is 0 Å². The summed E-state index contributed by atoms with van der Waals surface area (Å²) in [5.41, 5.74) is 0.551. The standard InChI is InChI=1S/C22H38O3/c1-2-3-4-5-6-7-8-9-10-11-12-13-14-15-16-17-18-20-19-21(23)25-22(20)24/h18H,2-17,19H2,1H3/b20-18+. The molecule has 144 valence electrons. The number of esters is 2. The van der Waals surface area contributed by atoms with Gasteiger partial charge in [-0.15, -0.1) is 0 Å². The van der Waals surface area contributed by atoms with Gasteiger partial charge < -0.3 is 4.74 Å². The molecule has 0 bridgehead atoms. The molecule has 1 aliphatic rings. The van der Waals surface area contributed by atoms with Crippen LogP contribution in [0.4, 0.5) is 0 Å². The highest BCUT2D eigenvalue weighted by Gasteiger charge is 2.26. The van der Waals surface area contributed by atoms with E-state index in [2.05, 4.69) is 11.7 Å². The van der Waals surface area contributed by atoms with Crippen LogP contribution in [0.2, 0.25) is 0 Å². The van der Waals surface area contributed by atoms with Crippen LogP contribution in [0.1, 0.15) is 116 Å². The number of allylic oxidation sites excluding steroid dienone is 1. The van der Waals surface area contributed by atoms with E-state index in [1.807, 2.05) is 6.08 Å². The molecule has 0 unspecified atom stereocenters. The molecule has 3 heteroatoms. The van der Waals surface area contributed by atoms with Crippen LogP contribution < -0.4 is 0 Å². The largest absolute Gasteiger partial charge is 0.389 e. The van der Waals surface area contributed by atoms with Crippen molar-refractivity contribution in [1.82, 2.24) is 0 Å². The van der Waals surface area contributed by atoms with Gasteiger partial charge in [-0.3, -0.25) is 4.79 Å². The monoisotopic (exact) mass is 350 g/mol. The van der Waals surface area contributed by atoms with Crippen LogP contribution in [0.15, 0.2) is 11.6 Å². The Bertz CT molecular complexity index is 398. The maximum absolute atomic E-state index is 11.3. The van der Waals surface area contributed by atoms with Crippen LogP contribution in [-0.2, 0) is 14.3 Å². The average molecular weight is 351 g/mol. The Morgan fingerprint density at radius 3 is 1.56 bits per heavy atom. The molecule has 0 aromatic heterocycles. The molecule has 0 aliphatic carbocycles. The Morgan fingerprint density at radius 2 is 1.16 bits per heavy atom. The van der Waals surface area contributed by atoms with Crippen molar-refractivity contribution in [3.8, 4) is 0 Å². The predicted molar refractivity (Wildman–Crippen MR) is 103 cm³/mol. The summed E-state index contributed by atoms with van der Waals surface area (Å²) in [4.78, 5) is 22.2. The van der Waals surface area contributed by atoms with Gasteiger partial charge in [0.25, 0.3) is 0 Å². The lowest BCUT2D eigenvalue weighted by molar-refractivity contribution is -0.151. The smallest absolute Gasteiger partial charge is 0.341 e. The Kier molecular flexibility index (Phi) is 13.3. The van der Waals surface area contributed by atoms with Crippen molar-refractivity contribution in [3.63, 3.8) is 0 Å². The van der Waals surface area contributed by atoms with E-state index in [1.54, 1.807) is 0 Å². The first-order chi connectivity index (χ1) is 12.2. The third-order valence-electron chi connectivity index (χ3n) is 5.00. The molecule has 0 atom stereocenters. The predicted octanol–water partition coefficient (Wildman–Crippen LogP) is 6.65. The molecule has 0 N–H and O–H groups in total. The number of carbonyl (C=O) groups is 2. The van der Waals surface area contributed by atoms with Gasteiger partial charge in [0, 0.05) is 5.57 Å². The first-order valence-corrected chi connectivity index (χ1v) is 10.7. The lowest BCUT2D eigenvalue weighted by atomic mass is 10.0.